The molecule has 1 aromatic carbocycles. The van der Waals surface area contributed by atoms with E-state index in [0.29, 0.717) is 42.6 Å². The lowest BCUT2D eigenvalue weighted by Crippen LogP contribution is -2.55. The second kappa shape index (κ2) is 15.4. The number of carbonyl (C=O) groups is 2. The number of amides is 2. The molecule has 0 unspecified atom stereocenters. The first-order chi connectivity index (χ1) is 21.9. The van der Waals surface area contributed by atoms with Crippen LogP contribution in [0.25, 0.3) is 0 Å². The number of benzene rings is 1. The zero-order valence-electron chi connectivity index (χ0n) is 26.9. The molecule has 2 fully saturated rings. The van der Waals surface area contributed by atoms with Gasteiger partial charge in [0.1, 0.15) is 17.5 Å². The number of terminal acetylenes is 1. The van der Waals surface area contributed by atoms with Crippen LogP contribution in [0.5, 0.6) is 5.75 Å². The van der Waals surface area contributed by atoms with Crippen LogP contribution in [0.4, 0.5) is 23.1 Å². The van der Waals surface area contributed by atoms with Gasteiger partial charge in [0, 0.05) is 57.4 Å². The van der Waals surface area contributed by atoms with Crippen molar-refractivity contribution < 1.29 is 19.1 Å². The first-order valence-electron chi connectivity index (χ1n) is 16.4. The smallest absolute Gasteiger partial charge is 0.251 e. The molecule has 2 amide bonds. The summed E-state index contributed by atoms with van der Waals surface area (Å²) in [6, 6.07) is 5.52. The molecule has 1 aliphatic carbocycles. The van der Waals surface area contributed by atoms with Crippen molar-refractivity contribution in [3.05, 3.63) is 30.0 Å². The number of likely N-dealkylation sites (tertiary alicyclic amines) is 1. The molecule has 2 N–H and O–H groups in total. The van der Waals surface area contributed by atoms with Gasteiger partial charge in [-0.15, -0.1) is 12.3 Å². The number of methoxy groups -OCH3 is 1. The number of ether oxygens (including phenoxy) is 2. The van der Waals surface area contributed by atoms with Crippen LogP contribution in [0.1, 0.15) is 75.1 Å². The van der Waals surface area contributed by atoms with Crippen molar-refractivity contribution in [2.45, 2.75) is 82.8 Å². The molecule has 3 heterocycles. The first kappa shape index (κ1) is 32.5. The van der Waals surface area contributed by atoms with E-state index in [1.54, 1.807) is 37.4 Å². The van der Waals surface area contributed by atoms with Crippen LogP contribution in [0, 0.1) is 12.3 Å². The Morgan fingerprint density at radius 3 is 2.64 bits per heavy atom. The molecule has 0 spiro atoms. The van der Waals surface area contributed by atoms with Gasteiger partial charge in [0.15, 0.2) is 5.82 Å². The predicted molar refractivity (Wildman–Crippen MR) is 176 cm³/mol. The van der Waals surface area contributed by atoms with Crippen LogP contribution in [0.15, 0.2) is 24.4 Å². The second-order valence-electron chi connectivity index (χ2n) is 12.1. The third-order valence-electron chi connectivity index (χ3n) is 9.21. The summed E-state index contributed by atoms with van der Waals surface area (Å²) in [5, 5.41) is 6.49. The summed E-state index contributed by atoms with van der Waals surface area (Å²) >= 11 is 0. The monoisotopic (exact) mass is 617 g/mol. The molecule has 1 saturated carbocycles. The average Bonchev–Trinajstić information content (AvgIpc) is 3.60. The zero-order chi connectivity index (χ0) is 31.8. The van der Waals surface area contributed by atoms with Crippen LogP contribution >= 0.6 is 0 Å². The van der Waals surface area contributed by atoms with E-state index >= 15 is 0 Å². The molecular weight excluding hydrogens is 570 g/mol. The van der Waals surface area contributed by atoms with Gasteiger partial charge < -0.3 is 34.8 Å². The van der Waals surface area contributed by atoms with Gasteiger partial charge in [-0.05, 0) is 56.7 Å². The van der Waals surface area contributed by atoms with Crippen molar-refractivity contribution in [1.29, 1.82) is 0 Å². The highest BCUT2D eigenvalue weighted by Crippen LogP contribution is 2.40. The quantitative estimate of drug-likeness (QED) is 0.250. The minimum atomic E-state index is -0.239. The Hall–Kier alpha value is -3.88. The normalized spacial score (nSPS) is 19.3. The number of carbonyl (C=O) groups excluding carboxylic acids is 2. The maximum absolute atomic E-state index is 13.2. The van der Waals surface area contributed by atoms with Crippen molar-refractivity contribution in [1.82, 2.24) is 20.2 Å². The van der Waals surface area contributed by atoms with Crippen LogP contribution in [0.3, 0.4) is 0 Å². The van der Waals surface area contributed by atoms with Crippen molar-refractivity contribution in [3.63, 3.8) is 0 Å². The number of nitrogens with zero attached hydrogens (tertiary/aromatic N) is 5. The third kappa shape index (κ3) is 7.68. The van der Waals surface area contributed by atoms with Crippen LogP contribution in [0.2, 0.25) is 0 Å². The molecule has 5 rings (SSSR count). The van der Waals surface area contributed by atoms with Crippen LogP contribution in [-0.2, 0) is 9.53 Å². The van der Waals surface area contributed by atoms with Crippen molar-refractivity contribution in [2.24, 2.45) is 0 Å². The van der Waals surface area contributed by atoms with E-state index in [9.17, 15) is 9.59 Å². The lowest BCUT2D eigenvalue weighted by molar-refractivity contribution is -0.120. The summed E-state index contributed by atoms with van der Waals surface area (Å²) in [6.07, 6.45) is 15.6. The highest BCUT2D eigenvalue weighted by atomic mass is 16.5. The number of rotatable bonds is 13. The maximum Gasteiger partial charge on any atom is 0.251 e. The number of piperidine rings is 1. The molecule has 1 saturated heterocycles. The Bertz CT molecular complexity index is 1360. The van der Waals surface area contributed by atoms with Crippen molar-refractivity contribution in [3.8, 4) is 18.1 Å². The van der Waals surface area contributed by atoms with E-state index in [2.05, 4.69) is 38.3 Å². The number of hydrogen-bond acceptors (Lipinski definition) is 9. The van der Waals surface area contributed by atoms with Crippen molar-refractivity contribution >= 4 is 35.0 Å². The molecule has 11 nitrogen and oxygen atoms in total. The number of nitrogens with one attached hydrogen (secondary N) is 2. The first-order valence-corrected chi connectivity index (χ1v) is 16.4. The number of unbranched alkanes of at least 4 members (excludes halogenated alkanes) is 1. The summed E-state index contributed by atoms with van der Waals surface area (Å²) < 4.78 is 11.3. The molecule has 0 radical (unpaired) electrons. The number of anilines is 4. The molecule has 11 heteroatoms. The lowest BCUT2D eigenvalue weighted by atomic mass is 10.0. The van der Waals surface area contributed by atoms with Gasteiger partial charge in [-0.2, -0.15) is 4.98 Å². The minimum Gasteiger partial charge on any atom is -0.495 e. The van der Waals surface area contributed by atoms with Crippen LogP contribution in [-0.4, -0.2) is 91.8 Å². The van der Waals surface area contributed by atoms with Gasteiger partial charge in [-0.25, -0.2) is 4.98 Å². The van der Waals surface area contributed by atoms with Gasteiger partial charge in [-0.3, -0.25) is 9.59 Å². The third-order valence-corrected chi connectivity index (χ3v) is 9.21. The Balaban J connectivity index is 1.20. The van der Waals surface area contributed by atoms with Gasteiger partial charge in [0.05, 0.1) is 25.6 Å². The fraction of sp³-hybridized carbons (Fsp3) is 0.588. The second-order valence-corrected chi connectivity index (χ2v) is 12.1. The summed E-state index contributed by atoms with van der Waals surface area (Å²) in [5.41, 5.74) is 1.91. The lowest BCUT2D eigenvalue weighted by Gasteiger charge is -2.43. The van der Waals surface area contributed by atoms with E-state index in [4.69, 9.17) is 20.9 Å². The standard InChI is InChI=1S/C34H47N7O4/c1-5-7-10-20-45-21-19-40-17-15-25(16-18-40)36-32(42)24-13-14-27(30(22-24)44-4)37-34-35-23-29-31(38-34)41(26-11-8-9-12-26)28(6-2)33(43)39(29)3/h1,13-14,22-23,25-26,28H,6-12,15-21H2,2-4H3,(H,36,42)(H,35,37,38)/t28-/m1/s1. The van der Waals surface area contributed by atoms with Gasteiger partial charge in [0.2, 0.25) is 11.9 Å². The average molecular weight is 618 g/mol. The van der Waals surface area contributed by atoms with E-state index in [1.807, 2.05) is 6.07 Å². The largest absolute Gasteiger partial charge is 0.495 e. The topological polar surface area (TPSA) is 112 Å². The fourth-order valence-corrected chi connectivity index (χ4v) is 6.64. The maximum atomic E-state index is 13.2. The van der Waals surface area contributed by atoms with E-state index in [1.165, 1.54) is 0 Å². The molecule has 242 valence electrons. The van der Waals surface area contributed by atoms with Crippen molar-refractivity contribution in [2.75, 3.05) is 62.1 Å². The molecule has 1 aromatic heterocycles. The van der Waals surface area contributed by atoms with E-state index < -0.39 is 0 Å². The van der Waals surface area contributed by atoms with Gasteiger partial charge >= 0.3 is 0 Å². The SMILES string of the molecule is C#CCCCOCCN1CCC(NC(=O)c2ccc(Nc3ncc4c(n3)N(C3CCCC3)[C@H](CC)C(=O)N4C)c(OC)c2)CC1. The zero-order valence-corrected chi connectivity index (χ0v) is 26.9. The highest BCUT2D eigenvalue weighted by Gasteiger charge is 2.41. The number of fused-ring (bicyclic) bond motifs is 1. The van der Waals surface area contributed by atoms with Gasteiger partial charge in [-0.1, -0.05) is 19.8 Å². The Labute approximate surface area is 267 Å². The molecule has 2 aliphatic heterocycles. The molecule has 0 bridgehead atoms. The Morgan fingerprint density at radius 1 is 1.16 bits per heavy atom. The minimum absolute atomic E-state index is 0.0831. The van der Waals surface area contributed by atoms with E-state index in [0.717, 1.165) is 82.5 Å². The van der Waals surface area contributed by atoms with Gasteiger partial charge in [0.25, 0.3) is 5.91 Å². The number of aromatic nitrogens is 2. The summed E-state index contributed by atoms with van der Waals surface area (Å²) in [6.45, 7) is 6.19. The molecular formula is C34H47N7O4. The number of hydrogen-bond donors (Lipinski definition) is 2. The summed E-state index contributed by atoms with van der Waals surface area (Å²) in [5.74, 6) is 4.31. The fourth-order valence-electron chi connectivity index (χ4n) is 6.64. The number of likely N-dealkylation sites (N-methyl/N-ethyl adjacent to an activating group) is 1. The molecule has 2 aromatic rings. The molecule has 45 heavy (non-hydrogen) atoms. The van der Waals surface area contributed by atoms with E-state index in [-0.39, 0.29) is 29.9 Å². The Kier molecular flexibility index (Phi) is 11.1. The highest BCUT2D eigenvalue weighted by molar-refractivity contribution is 6.04. The summed E-state index contributed by atoms with van der Waals surface area (Å²) in [7, 11) is 3.38. The summed E-state index contributed by atoms with van der Waals surface area (Å²) in [4.78, 5) is 42.1. The molecule has 3 aliphatic rings. The molecule has 1 atom stereocenters. The predicted octanol–water partition coefficient (Wildman–Crippen LogP) is 4.36. The van der Waals surface area contributed by atoms with Crippen LogP contribution < -0.4 is 25.2 Å². The Morgan fingerprint density at radius 2 is 1.93 bits per heavy atom.